The summed E-state index contributed by atoms with van der Waals surface area (Å²) in [6, 6.07) is 0.666. The molecule has 2 aliphatic rings. The van der Waals surface area contributed by atoms with Gasteiger partial charge in [-0.15, -0.1) is 0 Å². The molecule has 0 radical (unpaired) electrons. The predicted molar refractivity (Wildman–Crippen MR) is 95.4 cm³/mol. The number of nitrogens with one attached hydrogen (secondary N) is 1. The fourth-order valence-electron chi connectivity index (χ4n) is 3.65. The smallest absolute Gasteiger partial charge is 0.193 e. The second-order valence-corrected chi connectivity index (χ2v) is 8.13. The van der Waals surface area contributed by atoms with E-state index >= 15 is 0 Å². The highest BCUT2D eigenvalue weighted by molar-refractivity contribution is 5.80. The lowest BCUT2D eigenvalue weighted by Crippen LogP contribution is -2.43. The summed E-state index contributed by atoms with van der Waals surface area (Å²) < 4.78 is 0. The second kappa shape index (κ2) is 7.67. The SMILES string of the molecule is CCNC(=NCC1CCCN(C(C)C)C1)N1CCC(C)(C)C1. The first-order valence-electron chi connectivity index (χ1n) is 9.18. The molecule has 1 N–H and O–H groups in total. The van der Waals surface area contributed by atoms with E-state index in [0.29, 0.717) is 11.5 Å². The summed E-state index contributed by atoms with van der Waals surface area (Å²) >= 11 is 0. The molecule has 0 spiro atoms. The van der Waals surface area contributed by atoms with Crippen LogP contribution in [0.3, 0.4) is 0 Å². The average Bonchev–Trinajstić information content (AvgIpc) is 2.84. The van der Waals surface area contributed by atoms with E-state index < -0.39 is 0 Å². The van der Waals surface area contributed by atoms with Crippen molar-refractivity contribution in [2.24, 2.45) is 16.3 Å². The molecule has 128 valence electrons. The van der Waals surface area contributed by atoms with Crippen LogP contribution in [0.1, 0.15) is 53.9 Å². The minimum Gasteiger partial charge on any atom is -0.357 e. The molecule has 0 saturated carbocycles. The van der Waals surface area contributed by atoms with Crippen LogP contribution >= 0.6 is 0 Å². The summed E-state index contributed by atoms with van der Waals surface area (Å²) in [5.41, 5.74) is 0.426. The van der Waals surface area contributed by atoms with E-state index in [2.05, 4.69) is 49.7 Å². The van der Waals surface area contributed by atoms with E-state index in [4.69, 9.17) is 4.99 Å². The van der Waals surface area contributed by atoms with E-state index in [1.165, 1.54) is 32.4 Å². The summed E-state index contributed by atoms with van der Waals surface area (Å²) in [4.78, 5) is 10.0. The van der Waals surface area contributed by atoms with Crippen molar-refractivity contribution in [1.82, 2.24) is 15.1 Å². The van der Waals surface area contributed by atoms with Crippen LogP contribution in [0.4, 0.5) is 0 Å². The minimum atomic E-state index is 0.426. The molecule has 0 aliphatic carbocycles. The van der Waals surface area contributed by atoms with Crippen molar-refractivity contribution in [3.05, 3.63) is 0 Å². The zero-order valence-corrected chi connectivity index (χ0v) is 15.4. The highest BCUT2D eigenvalue weighted by Gasteiger charge is 2.31. The largest absolute Gasteiger partial charge is 0.357 e. The summed E-state index contributed by atoms with van der Waals surface area (Å²) in [6.45, 7) is 18.2. The number of likely N-dealkylation sites (tertiary alicyclic amines) is 2. The molecule has 2 heterocycles. The van der Waals surface area contributed by atoms with Crippen molar-refractivity contribution >= 4 is 5.96 Å². The standard InChI is InChI=1S/C18H36N4/c1-6-19-17(22-11-9-18(4,5)14-22)20-12-16-8-7-10-21(13-16)15(2)3/h15-16H,6-14H2,1-5H3,(H,19,20). The number of nitrogens with zero attached hydrogens (tertiary/aromatic N) is 3. The van der Waals surface area contributed by atoms with Gasteiger partial charge in [0.1, 0.15) is 0 Å². The summed E-state index contributed by atoms with van der Waals surface area (Å²) in [6.07, 6.45) is 3.92. The Kier molecular flexibility index (Phi) is 6.13. The zero-order chi connectivity index (χ0) is 16.2. The molecule has 4 nitrogen and oxygen atoms in total. The number of hydrogen-bond acceptors (Lipinski definition) is 2. The molecule has 1 unspecified atom stereocenters. The van der Waals surface area contributed by atoms with E-state index in [0.717, 1.165) is 38.1 Å². The third kappa shape index (κ3) is 4.87. The van der Waals surface area contributed by atoms with E-state index in [1.54, 1.807) is 0 Å². The summed E-state index contributed by atoms with van der Waals surface area (Å²) in [5.74, 6) is 1.86. The van der Waals surface area contributed by atoms with Crippen LogP contribution in [0.2, 0.25) is 0 Å². The lowest BCUT2D eigenvalue weighted by atomic mass is 9.93. The third-order valence-electron chi connectivity index (χ3n) is 5.09. The molecule has 0 aromatic carbocycles. The van der Waals surface area contributed by atoms with Gasteiger partial charge < -0.3 is 15.1 Å². The lowest BCUT2D eigenvalue weighted by molar-refractivity contribution is 0.143. The quantitative estimate of drug-likeness (QED) is 0.640. The third-order valence-corrected chi connectivity index (χ3v) is 5.09. The van der Waals surface area contributed by atoms with E-state index in [-0.39, 0.29) is 0 Å². The molecule has 4 heteroatoms. The van der Waals surface area contributed by atoms with Gasteiger partial charge in [0.2, 0.25) is 0 Å². The van der Waals surface area contributed by atoms with Crippen molar-refractivity contribution in [1.29, 1.82) is 0 Å². The maximum Gasteiger partial charge on any atom is 0.193 e. The average molecular weight is 309 g/mol. The van der Waals surface area contributed by atoms with Gasteiger partial charge in [0.05, 0.1) is 0 Å². The maximum atomic E-state index is 4.98. The van der Waals surface area contributed by atoms with Crippen LogP contribution in [0.5, 0.6) is 0 Å². The molecule has 0 aromatic heterocycles. The summed E-state index contributed by atoms with van der Waals surface area (Å²) in [7, 11) is 0. The number of piperidine rings is 1. The molecular formula is C18H36N4. The van der Waals surface area contributed by atoms with Gasteiger partial charge in [0, 0.05) is 38.8 Å². The molecular weight excluding hydrogens is 272 g/mol. The van der Waals surface area contributed by atoms with Crippen LogP contribution in [0, 0.1) is 11.3 Å². The second-order valence-electron chi connectivity index (χ2n) is 8.13. The fraction of sp³-hybridized carbons (Fsp3) is 0.944. The van der Waals surface area contributed by atoms with Gasteiger partial charge in [0.15, 0.2) is 5.96 Å². The van der Waals surface area contributed by atoms with Gasteiger partial charge in [-0.05, 0) is 57.9 Å². The molecule has 2 aliphatic heterocycles. The van der Waals surface area contributed by atoms with Crippen molar-refractivity contribution < 1.29 is 0 Å². The van der Waals surface area contributed by atoms with Gasteiger partial charge in [-0.3, -0.25) is 4.99 Å². The van der Waals surface area contributed by atoms with Gasteiger partial charge in [-0.2, -0.15) is 0 Å². The molecule has 0 bridgehead atoms. The molecule has 1 atom stereocenters. The maximum absolute atomic E-state index is 4.98. The van der Waals surface area contributed by atoms with Crippen LogP contribution in [-0.2, 0) is 0 Å². The summed E-state index contributed by atoms with van der Waals surface area (Å²) in [5, 5.41) is 3.50. The van der Waals surface area contributed by atoms with Crippen molar-refractivity contribution in [2.45, 2.75) is 59.9 Å². The van der Waals surface area contributed by atoms with Crippen LogP contribution < -0.4 is 5.32 Å². The first kappa shape index (κ1) is 17.6. The molecule has 0 amide bonds. The Morgan fingerprint density at radius 1 is 1.32 bits per heavy atom. The number of rotatable bonds is 4. The fourth-order valence-corrected chi connectivity index (χ4v) is 3.65. The predicted octanol–water partition coefficient (Wildman–Crippen LogP) is 2.80. The van der Waals surface area contributed by atoms with Crippen molar-refractivity contribution in [2.75, 3.05) is 39.3 Å². The monoisotopic (exact) mass is 308 g/mol. The molecule has 0 aromatic rings. The minimum absolute atomic E-state index is 0.426. The van der Waals surface area contributed by atoms with Crippen LogP contribution in [0.25, 0.3) is 0 Å². The first-order chi connectivity index (χ1) is 10.4. The Labute approximate surface area is 137 Å². The van der Waals surface area contributed by atoms with Gasteiger partial charge in [-0.1, -0.05) is 13.8 Å². The van der Waals surface area contributed by atoms with Crippen molar-refractivity contribution in [3.63, 3.8) is 0 Å². The van der Waals surface area contributed by atoms with Crippen LogP contribution in [0.15, 0.2) is 4.99 Å². The number of aliphatic imine (C=N–C) groups is 1. The zero-order valence-electron chi connectivity index (χ0n) is 15.4. The molecule has 2 saturated heterocycles. The topological polar surface area (TPSA) is 30.9 Å². The van der Waals surface area contributed by atoms with E-state index in [1.807, 2.05) is 0 Å². The Morgan fingerprint density at radius 3 is 2.68 bits per heavy atom. The molecule has 2 fully saturated rings. The Balaban J connectivity index is 1.92. The normalized spacial score (nSPS) is 26.7. The highest BCUT2D eigenvalue weighted by atomic mass is 15.3. The van der Waals surface area contributed by atoms with Gasteiger partial charge in [-0.25, -0.2) is 0 Å². The van der Waals surface area contributed by atoms with Crippen LogP contribution in [-0.4, -0.2) is 61.1 Å². The highest BCUT2D eigenvalue weighted by Crippen LogP contribution is 2.28. The van der Waals surface area contributed by atoms with Gasteiger partial charge >= 0.3 is 0 Å². The van der Waals surface area contributed by atoms with Gasteiger partial charge in [0.25, 0.3) is 0 Å². The Morgan fingerprint density at radius 2 is 2.09 bits per heavy atom. The Hall–Kier alpha value is -0.770. The first-order valence-corrected chi connectivity index (χ1v) is 9.18. The molecule has 2 rings (SSSR count). The molecule has 22 heavy (non-hydrogen) atoms. The Bertz CT molecular complexity index is 375. The number of guanidine groups is 1. The lowest BCUT2D eigenvalue weighted by Gasteiger charge is -2.35. The van der Waals surface area contributed by atoms with E-state index in [9.17, 15) is 0 Å². The number of hydrogen-bond donors (Lipinski definition) is 1. The van der Waals surface area contributed by atoms with Crippen molar-refractivity contribution in [3.8, 4) is 0 Å².